The van der Waals surface area contributed by atoms with Crippen LogP contribution < -0.4 is 4.74 Å². The number of carboxylic acids is 1. The lowest BCUT2D eigenvalue weighted by atomic mass is 10.2. The summed E-state index contributed by atoms with van der Waals surface area (Å²) in [5.41, 5.74) is 1.48. The Labute approximate surface area is 116 Å². The van der Waals surface area contributed by atoms with Crippen LogP contribution >= 0.6 is 0 Å². The number of para-hydroxylation sites is 1. The van der Waals surface area contributed by atoms with Crippen molar-refractivity contribution in [2.75, 3.05) is 0 Å². The first kappa shape index (κ1) is 13.8. The highest BCUT2D eigenvalue weighted by Gasteiger charge is 2.02. The van der Waals surface area contributed by atoms with Crippen LogP contribution in [0.5, 0.6) is 11.5 Å². The predicted molar refractivity (Wildman–Crippen MR) is 75.6 cm³/mol. The smallest absolute Gasteiger partial charge is 0.328 e. The Kier molecular flexibility index (Phi) is 4.52. The molecule has 0 radical (unpaired) electrons. The average Bonchev–Trinajstić information content (AvgIpc) is 2.47. The second kappa shape index (κ2) is 6.54. The van der Waals surface area contributed by atoms with Gasteiger partial charge in [-0.15, -0.1) is 0 Å². The van der Waals surface area contributed by atoms with Gasteiger partial charge in [-0.2, -0.15) is 0 Å². The van der Waals surface area contributed by atoms with Crippen LogP contribution in [0, 0.1) is 0 Å². The zero-order valence-corrected chi connectivity index (χ0v) is 10.7. The lowest BCUT2D eigenvalue weighted by Crippen LogP contribution is -1.90. The molecule has 2 aromatic rings. The van der Waals surface area contributed by atoms with E-state index in [4.69, 9.17) is 14.9 Å². The molecule has 0 spiro atoms. The molecule has 0 aliphatic heterocycles. The Bertz CT molecular complexity index is 615. The predicted octanol–water partition coefficient (Wildman–Crippen LogP) is 3.07. The topological polar surface area (TPSA) is 66.8 Å². The number of ether oxygens (including phenoxy) is 1. The largest absolute Gasteiger partial charge is 0.478 e. The van der Waals surface area contributed by atoms with Crippen molar-refractivity contribution < 1.29 is 19.7 Å². The monoisotopic (exact) mass is 270 g/mol. The van der Waals surface area contributed by atoms with Gasteiger partial charge in [-0.25, -0.2) is 4.79 Å². The molecule has 0 heterocycles. The van der Waals surface area contributed by atoms with Crippen LogP contribution in [-0.4, -0.2) is 16.2 Å². The van der Waals surface area contributed by atoms with Crippen molar-refractivity contribution >= 4 is 12.0 Å². The Hall–Kier alpha value is -2.59. The molecule has 2 aromatic carbocycles. The van der Waals surface area contributed by atoms with E-state index in [1.807, 2.05) is 12.1 Å². The Morgan fingerprint density at radius 3 is 2.45 bits per heavy atom. The van der Waals surface area contributed by atoms with Crippen LogP contribution in [0.1, 0.15) is 11.1 Å². The van der Waals surface area contributed by atoms with Crippen LogP contribution in [-0.2, 0) is 11.4 Å². The summed E-state index contributed by atoms with van der Waals surface area (Å²) in [5, 5.41) is 17.6. The van der Waals surface area contributed by atoms with Gasteiger partial charge in [0.25, 0.3) is 0 Å². The number of aliphatic carboxylic acids is 1. The highest BCUT2D eigenvalue weighted by Crippen LogP contribution is 2.26. The maximum absolute atomic E-state index is 10.6. The zero-order valence-electron chi connectivity index (χ0n) is 10.7. The van der Waals surface area contributed by atoms with Gasteiger partial charge in [-0.1, -0.05) is 30.3 Å². The molecule has 0 aliphatic carbocycles. The molecule has 0 bridgehead atoms. The number of hydrogen-bond acceptors (Lipinski definition) is 3. The van der Waals surface area contributed by atoms with Crippen molar-refractivity contribution in [1.82, 2.24) is 0 Å². The molecular weight excluding hydrogens is 256 g/mol. The normalized spacial score (nSPS) is 10.7. The third-order valence-electron chi connectivity index (χ3n) is 2.66. The second-order valence-electron chi connectivity index (χ2n) is 4.11. The highest BCUT2D eigenvalue weighted by molar-refractivity contribution is 5.85. The van der Waals surface area contributed by atoms with Gasteiger partial charge >= 0.3 is 5.97 Å². The molecule has 0 saturated carbocycles. The van der Waals surface area contributed by atoms with Crippen molar-refractivity contribution in [3.8, 4) is 11.5 Å². The molecule has 102 valence electrons. The Morgan fingerprint density at radius 1 is 1.10 bits per heavy atom. The molecule has 2 N–H and O–H groups in total. The van der Waals surface area contributed by atoms with E-state index in [1.54, 1.807) is 36.4 Å². The molecule has 0 saturated heterocycles. The van der Waals surface area contributed by atoms with E-state index in [0.29, 0.717) is 17.1 Å². The van der Waals surface area contributed by atoms with Crippen LogP contribution in [0.15, 0.2) is 54.6 Å². The average molecular weight is 270 g/mol. The molecular formula is C16H14O4. The summed E-state index contributed by atoms with van der Waals surface area (Å²) in [5.74, 6) is 0.187. The van der Waals surface area contributed by atoms with E-state index in [2.05, 4.69) is 0 Å². The number of carbonyl (C=O) groups is 1. The molecule has 0 atom stereocenters. The number of rotatable bonds is 5. The molecule has 0 aliphatic rings. The first-order chi connectivity index (χ1) is 9.69. The van der Waals surface area contributed by atoms with Crippen molar-refractivity contribution in [2.24, 2.45) is 0 Å². The first-order valence-corrected chi connectivity index (χ1v) is 6.07. The van der Waals surface area contributed by atoms with Crippen molar-refractivity contribution in [2.45, 2.75) is 6.61 Å². The third kappa shape index (κ3) is 3.70. The lowest BCUT2D eigenvalue weighted by molar-refractivity contribution is -0.131. The fourth-order valence-electron chi connectivity index (χ4n) is 1.66. The summed E-state index contributed by atoms with van der Waals surface area (Å²) in [7, 11) is 0. The van der Waals surface area contributed by atoms with Gasteiger partial charge in [0.05, 0.1) is 6.61 Å². The standard InChI is InChI=1S/C16H14O4/c17-11-12-5-8-14(9-6-12)20-15-4-2-1-3-13(15)7-10-16(18)19/h1-10,17H,11H2,(H,18,19). The summed E-state index contributed by atoms with van der Waals surface area (Å²) in [4.78, 5) is 10.6. The summed E-state index contributed by atoms with van der Waals surface area (Å²) in [6.07, 6.45) is 2.55. The van der Waals surface area contributed by atoms with E-state index in [1.165, 1.54) is 6.08 Å². The van der Waals surface area contributed by atoms with Crippen LogP contribution in [0.3, 0.4) is 0 Å². The Balaban J connectivity index is 2.21. The van der Waals surface area contributed by atoms with Gasteiger partial charge in [0, 0.05) is 11.6 Å². The van der Waals surface area contributed by atoms with E-state index in [0.717, 1.165) is 11.6 Å². The quantitative estimate of drug-likeness (QED) is 0.819. The van der Waals surface area contributed by atoms with Crippen LogP contribution in [0.25, 0.3) is 6.08 Å². The minimum atomic E-state index is -1.01. The van der Waals surface area contributed by atoms with Crippen molar-refractivity contribution in [3.63, 3.8) is 0 Å². The minimum Gasteiger partial charge on any atom is -0.478 e. The summed E-state index contributed by atoms with van der Waals surface area (Å²) in [6, 6.07) is 14.2. The van der Waals surface area contributed by atoms with Gasteiger partial charge in [-0.3, -0.25) is 0 Å². The lowest BCUT2D eigenvalue weighted by Gasteiger charge is -2.09. The number of aliphatic hydroxyl groups excluding tert-OH is 1. The fraction of sp³-hybridized carbons (Fsp3) is 0.0625. The fourth-order valence-corrected chi connectivity index (χ4v) is 1.66. The number of aliphatic hydroxyl groups is 1. The highest BCUT2D eigenvalue weighted by atomic mass is 16.5. The number of benzene rings is 2. The molecule has 4 nitrogen and oxygen atoms in total. The molecule has 0 fully saturated rings. The van der Waals surface area contributed by atoms with Gasteiger partial charge in [0.15, 0.2) is 0 Å². The summed E-state index contributed by atoms with van der Waals surface area (Å²) < 4.78 is 5.72. The molecule has 4 heteroatoms. The molecule has 0 aromatic heterocycles. The van der Waals surface area contributed by atoms with Gasteiger partial charge in [-0.05, 0) is 29.8 Å². The number of hydrogen-bond donors (Lipinski definition) is 2. The van der Waals surface area contributed by atoms with Gasteiger partial charge < -0.3 is 14.9 Å². The van der Waals surface area contributed by atoms with E-state index in [-0.39, 0.29) is 6.61 Å². The maximum Gasteiger partial charge on any atom is 0.328 e. The molecule has 0 unspecified atom stereocenters. The summed E-state index contributed by atoms with van der Waals surface area (Å²) in [6.45, 7) is -0.0157. The van der Waals surface area contributed by atoms with Crippen molar-refractivity contribution in [3.05, 3.63) is 65.7 Å². The first-order valence-electron chi connectivity index (χ1n) is 6.07. The zero-order chi connectivity index (χ0) is 14.4. The minimum absolute atomic E-state index is 0.0157. The third-order valence-corrected chi connectivity index (χ3v) is 2.66. The SMILES string of the molecule is O=C(O)C=Cc1ccccc1Oc1ccc(CO)cc1. The van der Waals surface area contributed by atoms with Crippen molar-refractivity contribution in [1.29, 1.82) is 0 Å². The van der Waals surface area contributed by atoms with Crippen LogP contribution in [0.4, 0.5) is 0 Å². The van der Waals surface area contributed by atoms with E-state index >= 15 is 0 Å². The molecule has 2 rings (SSSR count). The molecule has 20 heavy (non-hydrogen) atoms. The Morgan fingerprint density at radius 2 is 1.80 bits per heavy atom. The van der Waals surface area contributed by atoms with Gasteiger partial charge in [0.2, 0.25) is 0 Å². The summed E-state index contributed by atoms with van der Waals surface area (Å²) >= 11 is 0. The maximum atomic E-state index is 10.6. The number of carboxylic acid groups (broad SMARTS) is 1. The van der Waals surface area contributed by atoms with E-state index in [9.17, 15) is 4.79 Å². The second-order valence-corrected chi connectivity index (χ2v) is 4.11. The van der Waals surface area contributed by atoms with Crippen LogP contribution in [0.2, 0.25) is 0 Å². The van der Waals surface area contributed by atoms with E-state index < -0.39 is 5.97 Å². The molecule has 0 amide bonds. The van der Waals surface area contributed by atoms with Gasteiger partial charge in [0.1, 0.15) is 11.5 Å².